The van der Waals surface area contributed by atoms with Crippen LogP contribution < -0.4 is 0 Å². The Hall–Kier alpha value is 0.844. The van der Waals surface area contributed by atoms with Gasteiger partial charge in [0.25, 0.3) is 0 Å². The van der Waals surface area contributed by atoms with Crippen molar-refractivity contribution in [2.45, 2.75) is 0 Å². The van der Waals surface area contributed by atoms with Gasteiger partial charge in [0.15, 0.2) is 0 Å². The van der Waals surface area contributed by atoms with E-state index in [0.29, 0.717) is 0 Å². The van der Waals surface area contributed by atoms with E-state index >= 15 is 0 Å². The minimum atomic E-state index is -0.917. The molecule has 0 aliphatic rings. The Kier molecular flexibility index (Phi) is 20.2. The van der Waals surface area contributed by atoms with Crippen LogP contribution in [0.1, 0.15) is 0 Å². The SMILES string of the molecule is OPO.[Ni]. The van der Waals surface area contributed by atoms with Crippen LogP contribution in [-0.4, -0.2) is 9.79 Å². The molecule has 0 aliphatic carbocycles. The maximum Gasteiger partial charge on any atom is 0.149 e. The van der Waals surface area contributed by atoms with Crippen molar-refractivity contribution in [2.75, 3.05) is 0 Å². The first kappa shape index (κ1) is 8.85. The summed E-state index contributed by atoms with van der Waals surface area (Å²) in [6.45, 7) is 0. The van der Waals surface area contributed by atoms with E-state index in [9.17, 15) is 0 Å². The van der Waals surface area contributed by atoms with E-state index in [1.54, 1.807) is 0 Å². The first-order valence-corrected chi connectivity index (χ1v) is 1.34. The van der Waals surface area contributed by atoms with Gasteiger partial charge >= 0.3 is 0 Å². The van der Waals surface area contributed by atoms with Gasteiger partial charge in [0.05, 0.1) is 0 Å². The Labute approximate surface area is 36.1 Å². The van der Waals surface area contributed by atoms with Crippen LogP contribution in [0.2, 0.25) is 0 Å². The molecule has 4 heavy (non-hydrogen) atoms. The van der Waals surface area contributed by atoms with Crippen molar-refractivity contribution in [2.24, 2.45) is 0 Å². The van der Waals surface area contributed by atoms with Gasteiger partial charge in [-0.3, -0.25) is 0 Å². The van der Waals surface area contributed by atoms with Crippen molar-refractivity contribution >= 4 is 9.03 Å². The third kappa shape index (κ3) is 13.6. The molecule has 0 rings (SSSR count). The van der Waals surface area contributed by atoms with Gasteiger partial charge in [0.2, 0.25) is 0 Å². The van der Waals surface area contributed by atoms with Crippen LogP contribution in [0.4, 0.5) is 0 Å². The molecule has 0 bridgehead atoms. The Balaban J connectivity index is 0. The molecule has 0 aromatic carbocycles. The number of hydrogen-bond acceptors (Lipinski definition) is 2. The Morgan fingerprint density at radius 1 is 1.25 bits per heavy atom. The summed E-state index contributed by atoms with van der Waals surface area (Å²) in [6, 6.07) is 0. The Morgan fingerprint density at radius 2 is 1.25 bits per heavy atom. The van der Waals surface area contributed by atoms with Crippen LogP contribution >= 0.6 is 9.03 Å². The van der Waals surface area contributed by atoms with Crippen LogP contribution in [-0.2, 0) is 16.5 Å². The molecule has 0 amide bonds. The zero-order valence-corrected chi connectivity index (χ0v) is 3.70. The smallest absolute Gasteiger partial charge is 0.149 e. The number of hydrogen-bond donors (Lipinski definition) is 2. The molecule has 0 aromatic heterocycles. The zero-order valence-electron chi connectivity index (χ0n) is 1.71. The molecule has 0 fully saturated rings. The molecule has 0 heterocycles. The molecule has 2 nitrogen and oxygen atoms in total. The molecule has 0 aliphatic heterocycles. The van der Waals surface area contributed by atoms with Crippen LogP contribution in [0, 0.1) is 0 Å². The second-order valence-electron chi connectivity index (χ2n) is 0.100. The molecule has 0 spiro atoms. The standard InChI is InChI=1S/Ni.H3O2P/c;1-3-2/h;1-3H. The predicted octanol–water partition coefficient (Wildman–Crippen LogP) is -0.523. The third-order valence-electron chi connectivity index (χ3n) is 0. The normalized spacial score (nSPS) is 4.50. The molecule has 2 N–H and O–H groups in total. The first-order chi connectivity index (χ1) is 1.41. The van der Waals surface area contributed by atoms with Gasteiger partial charge in [-0.25, -0.2) is 0 Å². The van der Waals surface area contributed by atoms with Crippen LogP contribution in [0.5, 0.6) is 0 Å². The van der Waals surface area contributed by atoms with Crippen LogP contribution in [0.25, 0.3) is 0 Å². The van der Waals surface area contributed by atoms with E-state index in [2.05, 4.69) is 0 Å². The largest absolute Gasteiger partial charge is 0.352 e. The first-order valence-electron chi connectivity index (χ1n) is 0.447. The van der Waals surface area contributed by atoms with Crippen molar-refractivity contribution in [3.05, 3.63) is 0 Å². The minimum Gasteiger partial charge on any atom is -0.352 e. The summed E-state index contributed by atoms with van der Waals surface area (Å²) in [4.78, 5) is 14.3. The van der Waals surface area contributed by atoms with Gasteiger partial charge in [-0.1, -0.05) is 0 Å². The monoisotopic (exact) mass is 124 g/mol. The summed E-state index contributed by atoms with van der Waals surface area (Å²) < 4.78 is 0. The topological polar surface area (TPSA) is 40.5 Å². The molecule has 30 valence electrons. The molecule has 0 aromatic rings. The molecule has 0 unspecified atom stereocenters. The van der Waals surface area contributed by atoms with E-state index in [-0.39, 0.29) is 16.5 Å². The van der Waals surface area contributed by atoms with Gasteiger partial charge < -0.3 is 9.79 Å². The van der Waals surface area contributed by atoms with E-state index in [4.69, 9.17) is 9.79 Å². The van der Waals surface area contributed by atoms with E-state index < -0.39 is 9.03 Å². The maximum absolute atomic E-state index is 7.15. The van der Waals surface area contributed by atoms with Gasteiger partial charge in [0, 0.05) is 16.5 Å². The Bertz CT molecular complexity index is 6.00. The van der Waals surface area contributed by atoms with E-state index in [0.717, 1.165) is 0 Å². The maximum atomic E-state index is 7.15. The third-order valence-corrected chi connectivity index (χ3v) is 0. The molecular weight excluding hydrogens is 122 g/mol. The minimum absolute atomic E-state index is 0. The average Bonchev–Trinajstić information content (AvgIpc) is 0.918. The number of rotatable bonds is 0. The molecule has 0 atom stereocenters. The van der Waals surface area contributed by atoms with Gasteiger partial charge in [-0.05, 0) is 0 Å². The molecule has 0 saturated carbocycles. The van der Waals surface area contributed by atoms with Gasteiger partial charge in [-0.2, -0.15) is 0 Å². The molecule has 0 saturated heterocycles. The van der Waals surface area contributed by atoms with Crippen molar-refractivity contribution in [1.82, 2.24) is 0 Å². The van der Waals surface area contributed by atoms with Gasteiger partial charge in [-0.15, -0.1) is 0 Å². The molecule has 0 radical (unpaired) electrons. The fourth-order valence-corrected chi connectivity index (χ4v) is 0. The average molecular weight is 125 g/mol. The Morgan fingerprint density at radius 3 is 1.25 bits per heavy atom. The van der Waals surface area contributed by atoms with E-state index in [1.165, 1.54) is 0 Å². The van der Waals surface area contributed by atoms with E-state index in [1.807, 2.05) is 0 Å². The van der Waals surface area contributed by atoms with Crippen molar-refractivity contribution in [3.8, 4) is 0 Å². The van der Waals surface area contributed by atoms with Crippen molar-refractivity contribution in [1.29, 1.82) is 0 Å². The second-order valence-corrected chi connectivity index (χ2v) is 0.300. The van der Waals surface area contributed by atoms with Crippen molar-refractivity contribution < 1.29 is 26.3 Å². The molecular formula is H3NiO2P. The summed E-state index contributed by atoms with van der Waals surface area (Å²) in [5, 5.41) is 0. The molecule has 4 heteroatoms. The predicted molar refractivity (Wildman–Crippen MR) is 12.8 cm³/mol. The zero-order chi connectivity index (χ0) is 2.71. The fraction of sp³-hybridized carbons (Fsp3) is 0. The van der Waals surface area contributed by atoms with Crippen LogP contribution in [0.3, 0.4) is 0 Å². The van der Waals surface area contributed by atoms with Crippen molar-refractivity contribution in [3.63, 3.8) is 0 Å². The summed E-state index contributed by atoms with van der Waals surface area (Å²) in [5.41, 5.74) is 0. The van der Waals surface area contributed by atoms with Crippen LogP contribution in [0.15, 0.2) is 0 Å². The second kappa shape index (κ2) is 9.14. The summed E-state index contributed by atoms with van der Waals surface area (Å²) >= 11 is 0. The summed E-state index contributed by atoms with van der Waals surface area (Å²) in [5.74, 6) is 0. The summed E-state index contributed by atoms with van der Waals surface area (Å²) in [7, 11) is -0.917. The van der Waals surface area contributed by atoms with Gasteiger partial charge in [0.1, 0.15) is 9.03 Å². The summed E-state index contributed by atoms with van der Waals surface area (Å²) in [6.07, 6.45) is 0. The fourth-order valence-electron chi connectivity index (χ4n) is 0. The quantitative estimate of drug-likeness (QED) is 0.337.